The first-order valence-corrected chi connectivity index (χ1v) is 9.21. The molecule has 0 fully saturated rings. The lowest BCUT2D eigenvalue weighted by molar-refractivity contribution is 0.511. The van der Waals surface area contributed by atoms with Gasteiger partial charge in [0.15, 0.2) is 0 Å². The van der Waals surface area contributed by atoms with Crippen LogP contribution in [0.3, 0.4) is 0 Å². The van der Waals surface area contributed by atoms with Gasteiger partial charge in [0.2, 0.25) is 10.0 Å². The minimum absolute atomic E-state index is 0.0315. The van der Waals surface area contributed by atoms with Gasteiger partial charge in [-0.05, 0) is 42.3 Å². The number of anilines is 1. The highest BCUT2D eigenvalue weighted by Gasteiger charge is 2.27. The number of hydrogen-bond donors (Lipinski definition) is 2. The summed E-state index contributed by atoms with van der Waals surface area (Å²) in [7, 11) is -3.67. The van der Waals surface area contributed by atoms with Gasteiger partial charge in [-0.1, -0.05) is 11.6 Å². The van der Waals surface area contributed by atoms with E-state index in [1.165, 1.54) is 17.1 Å². The van der Waals surface area contributed by atoms with Gasteiger partial charge in [0, 0.05) is 17.1 Å². The summed E-state index contributed by atoms with van der Waals surface area (Å²) in [4.78, 5) is 5.08. The zero-order chi connectivity index (χ0) is 15.0. The van der Waals surface area contributed by atoms with Gasteiger partial charge in [0.1, 0.15) is 10.7 Å². The van der Waals surface area contributed by atoms with Gasteiger partial charge in [-0.15, -0.1) is 11.3 Å². The van der Waals surface area contributed by atoms with Crippen LogP contribution in [0.1, 0.15) is 29.3 Å². The van der Waals surface area contributed by atoms with Crippen LogP contribution in [0.4, 0.5) is 5.82 Å². The summed E-state index contributed by atoms with van der Waals surface area (Å²) in [5, 5.41) is 2.14. The monoisotopic (exact) mass is 343 g/mol. The third-order valence-corrected chi connectivity index (χ3v) is 6.24. The van der Waals surface area contributed by atoms with E-state index in [1.54, 1.807) is 11.3 Å². The number of halogens is 1. The molecule has 3 rings (SSSR count). The summed E-state index contributed by atoms with van der Waals surface area (Å²) in [6.07, 6.45) is 4.00. The molecule has 1 aliphatic carbocycles. The highest BCUT2D eigenvalue weighted by atomic mass is 35.5. The second-order valence-electron chi connectivity index (χ2n) is 4.90. The van der Waals surface area contributed by atoms with Crippen molar-refractivity contribution in [2.45, 2.75) is 30.2 Å². The molecule has 1 aliphatic rings. The van der Waals surface area contributed by atoms with Crippen molar-refractivity contribution >= 4 is 38.8 Å². The number of aryl methyl sites for hydroxylation is 1. The van der Waals surface area contributed by atoms with E-state index in [-0.39, 0.29) is 21.8 Å². The molecule has 1 unspecified atom stereocenters. The van der Waals surface area contributed by atoms with Crippen LogP contribution < -0.4 is 10.5 Å². The Morgan fingerprint density at radius 3 is 3.05 bits per heavy atom. The van der Waals surface area contributed by atoms with E-state index in [4.69, 9.17) is 17.3 Å². The molecular weight excluding hydrogens is 330 g/mol. The number of nitrogens with zero attached hydrogens (tertiary/aromatic N) is 1. The van der Waals surface area contributed by atoms with Gasteiger partial charge >= 0.3 is 0 Å². The van der Waals surface area contributed by atoms with Crippen LogP contribution in [0.5, 0.6) is 0 Å². The molecule has 2 heterocycles. The molecule has 5 nitrogen and oxygen atoms in total. The van der Waals surface area contributed by atoms with Crippen LogP contribution in [-0.4, -0.2) is 13.4 Å². The summed E-state index contributed by atoms with van der Waals surface area (Å²) in [6, 6.07) is 3.12. The fraction of sp³-hybridized carbons (Fsp3) is 0.308. The quantitative estimate of drug-likeness (QED) is 0.897. The maximum Gasteiger partial charge on any atom is 0.242 e. The molecule has 0 bridgehead atoms. The number of aromatic nitrogens is 1. The second kappa shape index (κ2) is 5.57. The molecule has 0 saturated heterocycles. The van der Waals surface area contributed by atoms with E-state index < -0.39 is 10.0 Å². The van der Waals surface area contributed by atoms with E-state index in [2.05, 4.69) is 9.71 Å². The molecule has 3 N–H and O–H groups in total. The standard InChI is InChI=1S/C13H14ClN3O2S2/c14-10-6-8(7-16-13(10)15)21(18,19)17-11-2-1-3-12-9(11)4-5-20-12/h4-7,11,17H,1-3H2,(H2,15,16). The number of fused-ring (bicyclic) bond motifs is 1. The summed E-state index contributed by atoms with van der Waals surface area (Å²) in [6.45, 7) is 0. The highest BCUT2D eigenvalue weighted by molar-refractivity contribution is 7.89. The smallest absolute Gasteiger partial charge is 0.242 e. The molecule has 1 atom stereocenters. The average molecular weight is 344 g/mol. The molecule has 2 aromatic rings. The predicted molar refractivity (Wildman–Crippen MR) is 84.0 cm³/mol. The Morgan fingerprint density at radius 2 is 2.29 bits per heavy atom. The van der Waals surface area contributed by atoms with E-state index in [1.807, 2.05) is 11.4 Å². The van der Waals surface area contributed by atoms with Gasteiger partial charge < -0.3 is 5.73 Å². The number of pyridine rings is 1. The van der Waals surface area contributed by atoms with Crippen LogP contribution >= 0.6 is 22.9 Å². The lowest BCUT2D eigenvalue weighted by Gasteiger charge is -2.23. The molecular formula is C13H14ClN3O2S2. The highest BCUT2D eigenvalue weighted by Crippen LogP contribution is 2.34. The number of sulfonamides is 1. The number of rotatable bonds is 3. The lowest BCUT2D eigenvalue weighted by Crippen LogP contribution is -2.30. The third-order valence-electron chi connectivity index (χ3n) is 3.50. The molecule has 0 radical (unpaired) electrons. The van der Waals surface area contributed by atoms with E-state index >= 15 is 0 Å². The number of nitrogens with one attached hydrogen (secondary N) is 1. The van der Waals surface area contributed by atoms with Gasteiger partial charge in [0.25, 0.3) is 0 Å². The fourth-order valence-electron chi connectivity index (χ4n) is 2.44. The Balaban J connectivity index is 1.89. The first-order valence-electron chi connectivity index (χ1n) is 6.47. The van der Waals surface area contributed by atoms with E-state index in [9.17, 15) is 8.42 Å². The Hall–Kier alpha value is -1.15. The van der Waals surface area contributed by atoms with Crippen LogP contribution in [0.15, 0.2) is 28.6 Å². The Morgan fingerprint density at radius 1 is 1.48 bits per heavy atom. The maximum atomic E-state index is 12.4. The Labute approximate surface area is 132 Å². The summed E-state index contributed by atoms with van der Waals surface area (Å²) in [5.74, 6) is 0.119. The minimum atomic E-state index is -3.67. The van der Waals surface area contributed by atoms with Crippen molar-refractivity contribution in [3.8, 4) is 0 Å². The average Bonchev–Trinajstić information content (AvgIpc) is 2.91. The molecule has 112 valence electrons. The van der Waals surface area contributed by atoms with Crippen molar-refractivity contribution in [2.75, 3.05) is 5.73 Å². The van der Waals surface area contributed by atoms with E-state index in [0.717, 1.165) is 24.8 Å². The van der Waals surface area contributed by atoms with Crippen LogP contribution in [0.2, 0.25) is 5.02 Å². The van der Waals surface area contributed by atoms with Gasteiger partial charge in [-0.3, -0.25) is 0 Å². The molecule has 21 heavy (non-hydrogen) atoms. The molecule has 0 saturated carbocycles. The first-order chi connectivity index (χ1) is 9.97. The molecule has 0 spiro atoms. The first kappa shape index (κ1) is 14.8. The van der Waals surface area contributed by atoms with Crippen molar-refractivity contribution in [3.05, 3.63) is 39.2 Å². The molecule has 0 amide bonds. The number of nitrogen functional groups attached to an aromatic ring is 1. The third kappa shape index (κ3) is 2.91. The van der Waals surface area contributed by atoms with Crippen molar-refractivity contribution < 1.29 is 8.42 Å². The zero-order valence-electron chi connectivity index (χ0n) is 11.0. The number of nitrogens with two attached hydrogens (primary N) is 1. The van der Waals surface area contributed by atoms with Crippen molar-refractivity contribution in [2.24, 2.45) is 0 Å². The SMILES string of the molecule is Nc1ncc(S(=O)(=O)NC2CCCc3sccc32)cc1Cl. The number of thiophene rings is 1. The Bertz CT molecular complexity index is 773. The molecule has 8 heteroatoms. The molecule has 2 aromatic heterocycles. The summed E-state index contributed by atoms with van der Waals surface area (Å²) >= 11 is 7.52. The maximum absolute atomic E-state index is 12.4. The minimum Gasteiger partial charge on any atom is -0.382 e. The largest absolute Gasteiger partial charge is 0.382 e. The molecule has 0 aliphatic heterocycles. The van der Waals surface area contributed by atoms with Gasteiger partial charge in [-0.25, -0.2) is 18.1 Å². The molecule has 0 aromatic carbocycles. The van der Waals surface area contributed by atoms with E-state index in [0.29, 0.717) is 0 Å². The van der Waals surface area contributed by atoms with Crippen LogP contribution in [0, 0.1) is 0 Å². The zero-order valence-corrected chi connectivity index (χ0v) is 13.4. The Kier molecular flexibility index (Phi) is 3.92. The van der Waals surface area contributed by atoms with Crippen molar-refractivity contribution in [1.82, 2.24) is 9.71 Å². The van der Waals surface area contributed by atoms with Crippen molar-refractivity contribution in [1.29, 1.82) is 0 Å². The summed E-state index contributed by atoms with van der Waals surface area (Å²) < 4.78 is 27.6. The topological polar surface area (TPSA) is 85.1 Å². The predicted octanol–water partition coefficient (Wildman–Crippen LogP) is 2.73. The summed E-state index contributed by atoms with van der Waals surface area (Å²) in [5.41, 5.74) is 6.58. The van der Waals surface area contributed by atoms with Gasteiger partial charge in [0.05, 0.1) is 5.02 Å². The fourth-order valence-corrected chi connectivity index (χ4v) is 4.88. The van der Waals surface area contributed by atoms with Crippen molar-refractivity contribution in [3.63, 3.8) is 0 Å². The second-order valence-corrected chi connectivity index (χ2v) is 8.03. The van der Waals surface area contributed by atoms with Crippen LogP contribution in [-0.2, 0) is 16.4 Å². The van der Waals surface area contributed by atoms with Gasteiger partial charge in [-0.2, -0.15) is 0 Å². The van der Waals surface area contributed by atoms with Crippen LogP contribution in [0.25, 0.3) is 0 Å². The lowest BCUT2D eigenvalue weighted by atomic mass is 9.95. The normalized spacial score (nSPS) is 18.4. The number of hydrogen-bond acceptors (Lipinski definition) is 5.